The van der Waals surface area contributed by atoms with Gasteiger partial charge in [-0.2, -0.15) is 0 Å². The summed E-state index contributed by atoms with van der Waals surface area (Å²) in [6, 6.07) is 16.5. The summed E-state index contributed by atoms with van der Waals surface area (Å²) in [4.78, 5) is 26.0. The number of carbonyl (C=O) groups is 1. The maximum absolute atomic E-state index is 12.9. The number of benzene rings is 2. The minimum atomic E-state index is -0.340. The van der Waals surface area contributed by atoms with Gasteiger partial charge in [0.15, 0.2) is 11.5 Å². The molecule has 0 aliphatic carbocycles. The molecule has 3 heterocycles. The number of hydrogen-bond donors (Lipinski definition) is 2. The maximum atomic E-state index is 12.9. The van der Waals surface area contributed by atoms with E-state index >= 15 is 0 Å². The van der Waals surface area contributed by atoms with Gasteiger partial charge >= 0.3 is 0 Å². The van der Waals surface area contributed by atoms with Crippen molar-refractivity contribution in [1.82, 2.24) is 15.0 Å². The minimum absolute atomic E-state index is 0.201. The third kappa shape index (κ3) is 3.46. The molecule has 30 heavy (non-hydrogen) atoms. The van der Waals surface area contributed by atoms with Gasteiger partial charge in [-0.25, -0.2) is 9.97 Å². The number of fused-ring (bicyclic) bond motifs is 2. The third-order valence-electron chi connectivity index (χ3n) is 4.60. The number of ether oxygens (including phenoxy) is 2. The highest BCUT2D eigenvalue weighted by molar-refractivity contribution is 6.07. The van der Waals surface area contributed by atoms with Crippen LogP contribution in [0.1, 0.15) is 16.2 Å². The Morgan fingerprint density at radius 2 is 1.87 bits per heavy atom. The first-order valence-electron chi connectivity index (χ1n) is 9.33. The summed E-state index contributed by atoms with van der Waals surface area (Å²) in [5.74, 6) is 1.31. The first-order chi connectivity index (χ1) is 14.7. The highest BCUT2D eigenvalue weighted by Gasteiger charge is 2.16. The van der Waals surface area contributed by atoms with Crippen LogP contribution >= 0.6 is 0 Å². The molecule has 0 radical (unpaired) electrons. The molecule has 0 saturated heterocycles. The fourth-order valence-corrected chi connectivity index (χ4v) is 3.24. The molecule has 2 aromatic heterocycles. The lowest BCUT2D eigenvalue weighted by Gasteiger charge is -2.10. The van der Waals surface area contributed by atoms with Gasteiger partial charge in [-0.3, -0.25) is 9.78 Å². The van der Waals surface area contributed by atoms with Crippen LogP contribution in [0.4, 0.5) is 17.3 Å². The lowest BCUT2D eigenvalue weighted by atomic mass is 10.2. The van der Waals surface area contributed by atoms with Crippen LogP contribution in [0.3, 0.4) is 0 Å². The average Bonchev–Trinajstić information content (AvgIpc) is 3.21. The Bertz CT molecular complexity index is 1270. The summed E-state index contributed by atoms with van der Waals surface area (Å²) in [6.07, 6.45) is 1.69. The Labute approximate surface area is 171 Å². The summed E-state index contributed by atoms with van der Waals surface area (Å²) < 4.78 is 10.7. The summed E-state index contributed by atoms with van der Waals surface area (Å²) in [5.41, 5.74) is 2.99. The quantitative estimate of drug-likeness (QED) is 0.534. The number of amides is 1. The van der Waals surface area contributed by atoms with E-state index in [4.69, 9.17) is 9.47 Å². The maximum Gasteiger partial charge on any atom is 0.274 e. The van der Waals surface area contributed by atoms with Gasteiger partial charge in [0, 0.05) is 29.0 Å². The van der Waals surface area contributed by atoms with E-state index in [0.717, 1.165) is 16.6 Å². The molecule has 2 aromatic carbocycles. The first kappa shape index (κ1) is 17.9. The van der Waals surface area contributed by atoms with E-state index in [1.165, 1.54) is 0 Å². The van der Waals surface area contributed by atoms with Crippen molar-refractivity contribution < 1.29 is 14.3 Å². The lowest BCUT2D eigenvalue weighted by Crippen LogP contribution is -2.16. The molecule has 1 aliphatic rings. The van der Waals surface area contributed by atoms with Gasteiger partial charge in [0.1, 0.15) is 5.69 Å². The molecule has 0 saturated carbocycles. The Morgan fingerprint density at radius 1 is 1.00 bits per heavy atom. The Hall–Kier alpha value is -4.20. The second-order valence-corrected chi connectivity index (χ2v) is 6.75. The molecule has 4 aromatic rings. The summed E-state index contributed by atoms with van der Waals surface area (Å²) in [6.45, 7) is 2.01. The number of pyridine rings is 1. The number of aromatic nitrogens is 3. The van der Waals surface area contributed by atoms with Crippen molar-refractivity contribution in [2.45, 2.75) is 6.92 Å². The van der Waals surface area contributed by atoms with Crippen molar-refractivity contribution in [3.05, 3.63) is 72.2 Å². The van der Waals surface area contributed by atoms with Crippen LogP contribution in [0.2, 0.25) is 0 Å². The number of aryl methyl sites for hydroxylation is 1. The predicted octanol–water partition coefficient (Wildman–Crippen LogP) is 4.06. The molecular formula is C22H17N5O3. The highest BCUT2D eigenvalue weighted by atomic mass is 16.7. The third-order valence-corrected chi connectivity index (χ3v) is 4.60. The van der Waals surface area contributed by atoms with E-state index in [1.807, 2.05) is 49.4 Å². The topological polar surface area (TPSA) is 98.3 Å². The molecule has 5 rings (SSSR count). The molecular weight excluding hydrogens is 382 g/mol. The van der Waals surface area contributed by atoms with E-state index in [2.05, 4.69) is 25.6 Å². The van der Waals surface area contributed by atoms with Crippen LogP contribution in [-0.4, -0.2) is 27.7 Å². The standard InChI is InChI=1S/C22H17N5O3/c1-13-10-17(21(28)26-16-6-2-4-14-5-3-9-23-20(14)16)27-22(24-13)25-15-7-8-18-19(11-15)30-12-29-18/h2-11H,12H2,1H3,(H,26,28)(H,24,25,27). The molecule has 1 amide bonds. The molecule has 8 heteroatoms. The number of hydrogen-bond acceptors (Lipinski definition) is 7. The average molecular weight is 399 g/mol. The summed E-state index contributed by atoms with van der Waals surface area (Å²) >= 11 is 0. The van der Waals surface area contributed by atoms with Gasteiger partial charge in [-0.1, -0.05) is 18.2 Å². The predicted molar refractivity (Wildman–Crippen MR) is 112 cm³/mol. The molecule has 8 nitrogen and oxygen atoms in total. The Balaban J connectivity index is 1.40. The summed E-state index contributed by atoms with van der Waals surface area (Å²) in [5, 5.41) is 6.95. The fourth-order valence-electron chi connectivity index (χ4n) is 3.24. The smallest absolute Gasteiger partial charge is 0.274 e. The zero-order valence-electron chi connectivity index (χ0n) is 16.0. The molecule has 0 fully saturated rings. The summed E-state index contributed by atoms with van der Waals surface area (Å²) in [7, 11) is 0. The van der Waals surface area contributed by atoms with E-state index in [1.54, 1.807) is 18.3 Å². The van der Waals surface area contributed by atoms with E-state index in [-0.39, 0.29) is 18.4 Å². The van der Waals surface area contributed by atoms with Crippen LogP contribution in [-0.2, 0) is 0 Å². The Kier molecular flexibility index (Phi) is 4.36. The van der Waals surface area contributed by atoms with Crippen molar-refractivity contribution in [2.75, 3.05) is 17.4 Å². The molecule has 0 atom stereocenters. The first-order valence-corrected chi connectivity index (χ1v) is 9.33. The second kappa shape index (κ2) is 7.32. The van der Waals surface area contributed by atoms with Crippen LogP contribution in [0.5, 0.6) is 11.5 Å². The number of nitrogens with zero attached hydrogens (tertiary/aromatic N) is 3. The zero-order chi connectivity index (χ0) is 20.5. The van der Waals surface area contributed by atoms with Gasteiger partial charge in [0.05, 0.1) is 11.2 Å². The van der Waals surface area contributed by atoms with E-state index < -0.39 is 0 Å². The SMILES string of the molecule is Cc1cc(C(=O)Nc2cccc3cccnc23)nc(Nc2ccc3c(c2)OCO3)n1. The number of nitrogens with one attached hydrogen (secondary N) is 2. The second-order valence-electron chi connectivity index (χ2n) is 6.75. The molecule has 0 bridgehead atoms. The highest BCUT2D eigenvalue weighted by Crippen LogP contribution is 2.34. The molecule has 0 spiro atoms. The van der Waals surface area contributed by atoms with Crippen LogP contribution in [0.25, 0.3) is 10.9 Å². The van der Waals surface area contributed by atoms with Crippen molar-refractivity contribution in [3.8, 4) is 11.5 Å². The van der Waals surface area contributed by atoms with Gasteiger partial charge in [-0.15, -0.1) is 0 Å². The van der Waals surface area contributed by atoms with Gasteiger partial charge in [0.2, 0.25) is 12.7 Å². The van der Waals surface area contributed by atoms with Crippen molar-refractivity contribution in [2.24, 2.45) is 0 Å². The normalized spacial score (nSPS) is 12.0. The Morgan fingerprint density at radius 3 is 2.80 bits per heavy atom. The monoisotopic (exact) mass is 399 g/mol. The molecule has 0 unspecified atom stereocenters. The number of carbonyl (C=O) groups excluding carboxylic acids is 1. The fraction of sp³-hybridized carbons (Fsp3) is 0.0909. The molecule has 148 valence electrons. The van der Waals surface area contributed by atoms with Gasteiger partial charge in [-0.05, 0) is 37.3 Å². The van der Waals surface area contributed by atoms with Crippen molar-refractivity contribution >= 4 is 34.1 Å². The van der Waals surface area contributed by atoms with Crippen LogP contribution in [0, 0.1) is 6.92 Å². The largest absolute Gasteiger partial charge is 0.454 e. The molecule has 1 aliphatic heterocycles. The van der Waals surface area contributed by atoms with E-state index in [9.17, 15) is 4.79 Å². The lowest BCUT2D eigenvalue weighted by molar-refractivity contribution is 0.102. The van der Waals surface area contributed by atoms with Crippen molar-refractivity contribution in [1.29, 1.82) is 0 Å². The van der Waals surface area contributed by atoms with E-state index in [0.29, 0.717) is 28.8 Å². The molecule has 2 N–H and O–H groups in total. The number of para-hydroxylation sites is 1. The number of anilines is 3. The van der Waals surface area contributed by atoms with Crippen LogP contribution < -0.4 is 20.1 Å². The zero-order valence-corrected chi connectivity index (χ0v) is 16.0. The van der Waals surface area contributed by atoms with Gasteiger partial charge < -0.3 is 20.1 Å². The number of rotatable bonds is 4. The minimum Gasteiger partial charge on any atom is -0.454 e. The van der Waals surface area contributed by atoms with Crippen molar-refractivity contribution in [3.63, 3.8) is 0 Å². The van der Waals surface area contributed by atoms with Crippen LogP contribution in [0.15, 0.2) is 60.8 Å². The van der Waals surface area contributed by atoms with Gasteiger partial charge in [0.25, 0.3) is 5.91 Å².